The fourth-order valence-corrected chi connectivity index (χ4v) is 6.40. The van der Waals surface area contributed by atoms with Crippen LogP contribution in [-0.2, 0) is 30.6 Å². The van der Waals surface area contributed by atoms with Crippen LogP contribution >= 0.6 is 63.7 Å². The summed E-state index contributed by atoms with van der Waals surface area (Å²) >= 11 is 13.3. The summed E-state index contributed by atoms with van der Waals surface area (Å²) < 4.78 is 6.85. The van der Waals surface area contributed by atoms with Crippen molar-refractivity contribution in [3.8, 4) is 34.5 Å². The molecule has 6 N–H and O–H groups in total. The number of hydrogen-bond acceptors (Lipinski definition) is 7. The van der Waals surface area contributed by atoms with Gasteiger partial charge in [-0.25, -0.2) is 0 Å². The molecule has 0 aromatic heterocycles. The molecule has 7 nitrogen and oxygen atoms in total. The van der Waals surface area contributed by atoms with Crippen LogP contribution < -0.4 is 0 Å². The van der Waals surface area contributed by atoms with Gasteiger partial charge in [0.15, 0.2) is 23.0 Å². The summed E-state index contributed by atoms with van der Waals surface area (Å²) in [4.78, 5) is 0. The molecule has 0 unspecified atom stereocenters. The summed E-state index contributed by atoms with van der Waals surface area (Å²) in [6, 6.07) is 11.9. The molecule has 0 atom stereocenters. The van der Waals surface area contributed by atoms with Gasteiger partial charge < -0.3 is 35.4 Å². The summed E-state index contributed by atoms with van der Waals surface area (Å²) in [6.07, 6.45) is 0.674. The minimum Gasteiger partial charge on any atom is -0.507 e. The molecule has 0 saturated heterocycles. The van der Waals surface area contributed by atoms with Crippen molar-refractivity contribution in [2.45, 2.75) is 25.9 Å². The third-order valence-corrected chi connectivity index (χ3v) is 8.96. The van der Waals surface area contributed by atoms with E-state index < -0.39 is 0 Å². The van der Waals surface area contributed by atoms with Crippen LogP contribution in [0.2, 0.25) is 0 Å². The number of phenols is 6. The van der Waals surface area contributed by atoms with E-state index in [1.54, 1.807) is 36.4 Å². The second kappa shape index (κ2) is 12.6. The maximum absolute atomic E-state index is 10.9. The van der Waals surface area contributed by atoms with Crippen molar-refractivity contribution in [2.24, 2.45) is 0 Å². The van der Waals surface area contributed by atoms with E-state index in [2.05, 4.69) is 63.7 Å². The molecule has 0 bridgehead atoms. The molecule has 0 radical (unpaired) electrons. The monoisotopic (exact) mass is 800 g/mol. The van der Waals surface area contributed by atoms with E-state index in [1.165, 1.54) is 13.2 Å². The maximum Gasteiger partial charge on any atom is 0.172 e. The number of ether oxygens (including phenoxy) is 1. The highest BCUT2D eigenvalue weighted by atomic mass is 79.9. The quantitative estimate of drug-likeness (QED) is 0.100. The Morgan fingerprint density at radius 3 is 1.65 bits per heavy atom. The molecule has 4 aromatic rings. The van der Waals surface area contributed by atoms with Gasteiger partial charge in [0.1, 0.15) is 11.5 Å². The van der Waals surface area contributed by atoms with Gasteiger partial charge in [0.25, 0.3) is 0 Å². The Labute approximate surface area is 264 Å². The third kappa shape index (κ3) is 6.38. The highest BCUT2D eigenvalue weighted by Gasteiger charge is 2.21. The van der Waals surface area contributed by atoms with Crippen LogP contribution in [-0.4, -0.2) is 37.7 Å². The fraction of sp³-hybridized carbons (Fsp3) is 0.172. The topological polar surface area (TPSA) is 131 Å². The van der Waals surface area contributed by atoms with Crippen molar-refractivity contribution in [3.63, 3.8) is 0 Å². The number of halogens is 4. The Kier molecular flexibility index (Phi) is 9.62. The largest absolute Gasteiger partial charge is 0.507 e. The van der Waals surface area contributed by atoms with Gasteiger partial charge in [0.2, 0.25) is 0 Å². The second-order valence-corrected chi connectivity index (χ2v) is 12.6. The lowest BCUT2D eigenvalue weighted by atomic mass is 9.91. The van der Waals surface area contributed by atoms with E-state index in [9.17, 15) is 30.6 Å². The Hall–Kier alpha value is -2.44. The first-order valence-electron chi connectivity index (χ1n) is 11.8. The molecule has 11 heteroatoms. The normalized spacial score (nSPS) is 11.2. The molecular formula is C29H24Br4O7. The Balaban J connectivity index is 1.77. The molecule has 4 rings (SSSR count). The van der Waals surface area contributed by atoms with Gasteiger partial charge >= 0.3 is 0 Å². The van der Waals surface area contributed by atoms with E-state index in [1.807, 2.05) is 0 Å². The fourth-order valence-electron chi connectivity index (χ4n) is 4.50. The zero-order valence-corrected chi connectivity index (χ0v) is 27.3. The summed E-state index contributed by atoms with van der Waals surface area (Å²) in [5.41, 5.74) is 4.31. The number of phenolic OH excluding ortho intramolecular Hbond substituents is 6. The zero-order valence-electron chi connectivity index (χ0n) is 21.0. The van der Waals surface area contributed by atoms with E-state index in [-0.39, 0.29) is 60.4 Å². The molecule has 0 aliphatic heterocycles. The summed E-state index contributed by atoms with van der Waals surface area (Å²) in [5, 5.41) is 63.1. The molecule has 0 heterocycles. The van der Waals surface area contributed by atoms with Crippen LogP contribution in [0.1, 0.15) is 38.9 Å². The van der Waals surface area contributed by atoms with E-state index in [0.29, 0.717) is 45.7 Å². The molecule has 0 aliphatic rings. The average Bonchev–Trinajstić information content (AvgIpc) is 2.91. The van der Waals surface area contributed by atoms with Crippen LogP contribution in [0.15, 0.2) is 60.4 Å². The Morgan fingerprint density at radius 1 is 0.525 bits per heavy atom. The maximum atomic E-state index is 10.9. The molecule has 4 aromatic carbocycles. The Morgan fingerprint density at radius 2 is 1.05 bits per heavy atom. The zero-order chi connectivity index (χ0) is 29.3. The van der Waals surface area contributed by atoms with Gasteiger partial charge in [-0.05, 0) is 122 Å². The van der Waals surface area contributed by atoms with Crippen LogP contribution in [0, 0.1) is 0 Å². The molecule has 0 fully saturated rings. The number of rotatable bonds is 8. The molecule has 0 aliphatic carbocycles. The van der Waals surface area contributed by atoms with Crippen molar-refractivity contribution in [1.29, 1.82) is 0 Å². The van der Waals surface area contributed by atoms with Crippen molar-refractivity contribution < 1.29 is 35.4 Å². The van der Waals surface area contributed by atoms with Crippen molar-refractivity contribution in [1.82, 2.24) is 0 Å². The average molecular weight is 804 g/mol. The molecular weight excluding hydrogens is 780 g/mol. The van der Waals surface area contributed by atoms with Crippen molar-refractivity contribution >= 4 is 63.7 Å². The van der Waals surface area contributed by atoms with Crippen LogP contribution in [0.5, 0.6) is 34.5 Å². The predicted molar refractivity (Wildman–Crippen MR) is 166 cm³/mol. The molecule has 210 valence electrons. The number of methoxy groups -OCH3 is 1. The minimum atomic E-state index is -0.299. The van der Waals surface area contributed by atoms with Gasteiger partial charge in [0, 0.05) is 37.5 Å². The SMILES string of the molecule is COCc1cc(Br)c(O)c(O)c1Cc1cc(Br)c(O)c(Cc2cc(Br)c(O)c(O)c2Cc2ccc(O)c(Br)c2)c1. The number of benzene rings is 4. The standard InChI is InChI=1S/C29H24Br4O7/c1-40-12-17-11-23(33)29(39)27(37)19(17)6-14-4-16(25(35)21(31)8-14)9-15-10-22(32)28(38)26(36)18(15)5-13-2-3-24(34)20(30)7-13/h2-4,7-8,10-11,34-39H,5-6,9,12H2,1H3. The predicted octanol–water partition coefficient (Wildman–Crippen LogP) is 7.89. The van der Waals surface area contributed by atoms with Crippen LogP contribution in [0.25, 0.3) is 0 Å². The third-order valence-electron chi connectivity index (χ3n) is 6.51. The summed E-state index contributed by atoms with van der Waals surface area (Å²) in [5.74, 6) is -1.04. The second-order valence-electron chi connectivity index (χ2n) is 9.22. The van der Waals surface area contributed by atoms with E-state index in [0.717, 1.165) is 11.1 Å². The first-order valence-corrected chi connectivity index (χ1v) is 15.0. The number of hydrogen-bond donors (Lipinski definition) is 6. The lowest BCUT2D eigenvalue weighted by Gasteiger charge is -2.18. The first-order chi connectivity index (χ1) is 18.9. The van der Waals surface area contributed by atoms with Crippen LogP contribution in [0.3, 0.4) is 0 Å². The smallest absolute Gasteiger partial charge is 0.172 e. The minimum absolute atomic E-state index is 0.00533. The van der Waals surface area contributed by atoms with Gasteiger partial charge in [-0.1, -0.05) is 12.1 Å². The van der Waals surface area contributed by atoms with Crippen molar-refractivity contribution in [2.75, 3.05) is 7.11 Å². The summed E-state index contributed by atoms with van der Waals surface area (Å²) in [6.45, 7) is 0.214. The highest BCUT2D eigenvalue weighted by molar-refractivity contribution is 9.11. The molecule has 40 heavy (non-hydrogen) atoms. The van der Waals surface area contributed by atoms with E-state index in [4.69, 9.17) is 4.74 Å². The highest BCUT2D eigenvalue weighted by Crippen LogP contribution is 2.43. The van der Waals surface area contributed by atoms with Crippen molar-refractivity contribution in [3.05, 3.63) is 99.3 Å². The first kappa shape index (κ1) is 30.5. The lowest BCUT2D eigenvalue weighted by Crippen LogP contribution is -2.02. The molecule has 0 saturated carbocycles. The van der Waals surface area contributed by atoms with Crippen LogP contribution in [0.4, 0.5) is 0 Å². The van der Waals surface area contributed by atoms with E-state index >= 15 is 0 Å². The number of aromatic hydroxyl groups is 6. The van der Waals surface area contributed by atoms with Gasteiger partial charge in [-0.2, -0.15) is 0 Å². The molecule has 0 spiro atoms. The lowest BCUT2D eigenvalue weighted by molar-refractivity contribution is 0.183. The van der Waals surface area contributed by atoms with Gasteiger partial charge in [-0.3, -0.25) is 0 Å². The Bertz CT molecular complexity index is 1610. The molecule has 0 amide bonds. The van der Waals surface area contributed by atoms with Gasteiger partial charge in [0.05, 0.1) is 24.5 Å². The van der Waals surface area contributed by atoms with Gasteiger partial charge in [-0.15, -0.1) is 0 Å². The summed E-state index contributed by atoms with van der Waals surface area (Å²) in [7, 11) is 1.54.